The average Bonchev–Trinajstić information content (AvgIpc) is 3.36. The summed E-state index contributed by atoms with van der Waals surface area (Å²) in [4.78, 5) is 18.9. The molecule has 31 heavy (non-hydrogen) atoms. The van der Waals surface area contributed by atoms with Gasteiger partial charge in [-0.25, -0.2) is 4.98 Å². The first-order chi connectivity index (χ1) is 14.9. The van der Waals surface area contributed by atoms with E-state index in [-0.39, 0.29) is 11.8 Å². The van der Waals surface area contributed by atoms with Crippen LogP contribution in [0, 0.1) is 19.8 Å². The lowest BCUT2D eigenvalue weighted by Crippen LogP contribution is -2.31. The van der Waals surface area contributed by atoms with Gasteiger partial charge in [0, 0.05) is 16.8 Å². The van der Waals surface area contributed by atoms with E-state index in [4.69, 9.17) is 4.42 Å². The Hall–Kier alpha value is -3.81. The number of hydrogen-bond acceptors (Lipinski definition) is 6. The zero-order valence-electron chi connectivity index (χ0n) is 17.9. The third kappa shape index (κ3) is 4.37. The summed E-state index contributed by atoms with van der Waals surface area (Å²) in [6.45, 7) is 7.67. The lowest BCUT2D eigenvalue weighted by Gasteiger charge is -2.19. The standard InChI is InChI=1S/C23H24N6O2/c1-14(2)20(29-27-21(26-28-29)17-9-6-5-7-10-17)22(30)25-19-12-8-11-18(13-19)23-24-15(3)16(4)31-23/h5-14,20H,1-4H3,(H,25,30). The third-order valence-corrected chi connectivity index (χ3v) is 5.01. The molecule has 0 saturated carbocycles. The number of aromatic nitrogens is 5. The van der Waals surface area contributed by atoms with E-state index in [1.807, 2.05) is 82.3 Å². The van der Waals surface area contributed by atoms with Crippen LogP contribution in [0.5, 0.6) is 0 Å². The molecule has 8 heteroatoms. The molecule has 0 aliphatic rings. The largest absolute Gasteiger partial charge is 0.441 e. The number of nitrogens with one attached hydrogen (secondary N) is 1. The highest BCUT2D eigenvalue weighted by molar-refractivity contribution is 5.94. The van der Waals surface area contributed by atoms with Crippen LogP contribution in [0.3, 0.4) is 0 Å². The van der Waals surface area contributed by atoms with Crippen molar-refractivity contribution in [1.82, 2.24) is 25.2 Å². The van der Waals surface area contributed by atoms with Crippen molar-refractivity contribution in [3.05, 3.63) is 66.1 Å². The summed E-state index contributed by atoms with van der Waals surface area (Å²) in [7, 11) is 0. The van der Waals surface area contributed by atoms with Gasteiger partial charge in [0.1, 0.15) is 5.76 Å². The summed E-state index contributed by atoms with van der Waals surface area (Å²) in [5, 5.41) is 15.7. The monoisotopic (exact) mass is 416 g/mol. The highest BCUT2D eigenvalue weighted by atomic mass is 16.4. The Morgan fingerprint density at radius 3 is 2.45 bits per heavy atom. The summed E-state index contributed by atoms with van der Waals surface area (Å²) in [6, 6.07) is 16.4. The molecule has 1 unspecified atom stereocenters. The molecule has 0 aliphatic carbocycles. The first kappa shape index (κ1) is 20.5. The maximum atomic E-state index is 13.1. The number of oxazole rings is 1. The molecule has 2 heterocycles. The summed E-state index contributed by atoms with van der Waals surface area (Å²) < 4.78 is 5.70. The summed E-state index contributed by atoms with van der Waals surface area (Å²) in [6.07, 6.45) is 0. The van der Waals surface area contributed by atoms with Crippen LogP contribution in [0.25, 0.3) is 22.8 Å². The van der Waals surface area contributed by atoms with Gasteiger partial charge in [-0.2, -0.15) is 4.80 Å². The fraction of sp³-hybridized carbons (Fsp3) is 0.261. The molecule has 158 valence electrons. The molecule has 0 spiro atoms. The van der Waals surface area contributed by atoms with Crippen LogP contribution in [-0.4, -0.2) is 31.1 Å². The van der Waals surface area contributed by atoms with Crippen molar-refractivity contribution in [2.45, 2.75) is 33.7 Å². The molecule has 2 aromatic carbocycles. The number of benzene rings is 2. The predicted octanol–water partition coefficient (Wildman–Crippen LogP) is 4.45. The molecule has 0 saturated heterocycles. The van der Waals surface area contributed by atoms with Crippen LogP contribution >= 0.6 is 0 Å². The third-order valence-electron chi connectivity index (χ3n) is 5.01. The number of aryl methyl sites for hydroxylation is 2. The Kier molecular flexibility index (Phi) is 5.62. The molecule has 4 aromatic rings. The van der Waals surface area contributed by atoms with Crippen LogP contribution in [0.4, 0.5) is 5.69 Å². The molecular formula is C23H24N6O2. The Morgan fingerprint density at radius 2 is 1.77 bits per heavy atom. The minimum absolute atomic E-state index is 0.0435. The first-order valence-electron chi connectivity index (χ1n) is 10.1. The Labute approximate surface area is 180 Å². The van der Waals surface area contributed by atoms with E-state index < -0.39 is 6.04 Å². The molecular weight excluding hydrogens is 392 g/mol. The number of nitrogens with zero attached hydrogens (tertiary/aromatic N) is 5. The number of carbonyl (C=O) groups is 1. The van der Waals surface area contributed by atoms with Crippen molar-refractivity contribution in [1.29, 1.82) is 0 Å². The van der Waals surface area contributed by atoms with Gasteiger partial charge in [0.05, 0.1) is 5.69 Å². The molecule has 0 bridgehead atoms. The van der Waals surface area contributed by atoms with E-state index in [9.17, 15) is 4.79 Å². The molecule has 2 aromatic heterocycles. The second-order valence-electron chi connectivity index (χ2n) is 7.72. The van der Waals surface area contributed by atoms with Gasteiger partial charge in [-0.1, -0.05) is 50.2 Å². The van der Waals surface area contributed by atoms with Gasteiger partial charge in [0.15, 0.2) is 6.04 Å². The van der Waals surface area contributed by atoms with E-state index in [2.05, 4.69) is 25.7 Å². The molecule has 1 atom stereocenters. The summed E-state index contributed by atoms with van der Waals surface area (Å²) in [5.41, 5.74) is 3.13. The Morgan fingerprint density at radius 1 is 1.03 bits per heavy atom. The van der Waals surface area contributed by atoms with Gasteiger partial charge in [-0.3, -0.25) is 4.79 Å². The zero-order chi connectivity index (χ0) is 22.0. The highest BCUT2D eigenvalue weighted by Gasteiger charge is 2.27. The van der Waals surface area contributed by atoms with Gasteiger partial charge in [-0.15, -0.1) is 10.2 Å². The number of hydrogen-bond donors (Lipinski definition) is 1. The average molecular weight is 416 g/mol. The molecule has 8 nitrogen and oxygen atoms in total. The molecule has 0 aliphatic heterocycles. The lowest BCUT2D eigenvalue weighted by molar-refractivity contribution is -0.121. The first-order valence-corrected chi connectivity index (χ1v) is 10.1. The molecule has 1 N–H and O–H groups in total. The lowest BCUT2D eigenvalue weighted by atomic mass is 10.0. The van der Waals surface area contributed by atoms with Crippen molar-refractivity contribution in [3.8, 4) is 22.8 Å². The van der Waals surface area contributed by atoms with E-state index in [1.165, 1.54) is 4.80 Å². The minimum Gasteiger partial charge on any atom is -0.441 e. The highest BCUT2D eigenvalue weighted by Crippen LogP contribution is 2.25. The minimum atomic E-state index is -0.611. The fourth-order valence-electron chi connectivity index (χ4n) is 3.26. The second-order valence-corrected chi connectivity index (χ2v) is 7.72. The van der Waals surface area contributed by atoms with Crippen LogP contribution < -0.4 is 5.32 Å². The van der Waals surface area contributed by atoms with E-state index in [1.54, 1.807) is 0 Å². The second kappa shape index (κ2) is 8.51. The maximum absolute atomic E-state index is 13.1. The van der Waals surface area contributed by atoms with Gasteiger partial charge >= 0.3 is 0 Å². The van der Waals surface area contributed by atoms with Crippen LogP contribution in [-0.2, 0) is 4.79 Å². The normalized spacial score (nSPS) is 12.2. The van der Waals surface area contributed by atoms with Crippen LogP contribution in [0.15, 0.2) is 59.0 Å². The van der Waals surface area contributed by atoms with E-state index in [0.717, 1.165) is 22.6 Å². The molecule has 1 amide bonds. The zero-order valence-corrected chi connectivity index (χ0v) is 17.9. The van der Waals surface area contributed by atoms with Gasteiger partial charge in [-0.05, 0) is 43.2 Å². The number of tetrazole rings is 1. The number of carbonyl (C=O) groups excluding carboxylic acids is 1. The molecule has 0 radical (unpaired) electrons. The van der Waals surface area contributed by atoms with E-state index >= 15 is 0 Å². The Balaban J connectivity index is 1.56. The van der Waals surface area contributed by atoms with Gasteiger partial charge in [0.2, 0.25) is 11.7 Å². The number of amides is 1. The summed E-state index contributed by atoms with van der Waals surface area (Å²) in [5.74, 6) is 1.52. The molecule has 0 fully saturated rings. The quantitative estimate of drug-likeness (QED) is 0.499. The van der Waals surface area contributed by atoms with Crippen molar-refractivity contribution in [3.63, 3.8) is 0 Å². The fourth-order valence-corrected chi connectivity index (χ4v) is 3.26. The number of anilines is 1. The number of rotatable bonds is 6. The SMILES string of the molecule is Cc1nc(-c2cccc(NC(=O)C(C(C)C)n3nnc(-c4ccccc4)n3)c2)oc1C. The van der Waals surface area contributed by atoms with Crippen molar-refractivity contribution in [2.75, 3.05) is 5.32 Å². The van der Waals surface area contributed by atoms with Gasteiger partial charge in [0.25, 0.3) is 5.91 Å². The topological polar surface area (TPSA) is 98.7 Å². The Bertz CT molecular complexity index is 1180. The molecule has 4 rings (SSSR count). The maximum Gasteiger partial charge on any atom is 0.251 e. The van der Waals surface area contributed by atoms with Crippen molar-refractivity contribution >= 4 is 11.6 Å². The van der Waals surface area contributed by atoms with Gasteiger partial charge < -0.3 is 9.73 Å². The van der Waals surface area contributed by atoms with Crippen LogP contribution in [0.1, 0.15) is 31.3 Å². The van der Waals surface area contributed by atoms with Crippen molar-refractivity contribution < 1.29 is 9.21 Å². The van der Waals surface area contributed by atoms with Crippen LogP contribution in [0.2, 0.25) is 0 Å². The predicted molar refractivity (Wildman–Crippen MR) is 117 cm³/mol. The van der Waals surface area contributed by atoms with E-state index in [0.29, 0.717) is 17.4 Å². The van der Waals surface area contributed by atoms with Crippen molar-refractivity contribution in [2.24, 2.45) is 5.92 Å². The summed E-state index contributed by atoms with van der Waals surface area (Å²) >= 11 is 0. The smallest absolute Gasteiger partial charge is 0.251 e.